The zero-order chi connectivity index (χ0) is 10.7. The van der Waals surface area contributed by atoms with Crippen LogP contribution in [0.3, 0.4) is 0 Å². The van der Waals surface area contributed by atoms with Crippen molar-refractivity contribution in [2.75, 3.05) is 6.54 Å². The van der Waals surface area contributed by atoms with E-state index in [-0.39, 0.29) is 6.04 Å². The van der Waals surface area contributed by atoms with Crippen molar-refractivity contribution in [3.8, 4) is 0 Å². The Labute approximate surface area is 91.2 Å². The van der Waals surface area contributed by atoms with E-state index in [2.05, 4.69) is 5.32 Å². The maximum atomic E-state index is 10.8. The standard InChI is InChI=1S/C12H21NO2/c14-12(15)11-7-6-10(8-13-11)9-4-2-1-3-5-9/h9-11,13H,1-8H2,(H,14,15)/t10-,11-/m1/s1. The fourth-order valence-corrected chi connectivity index (χ4v) is 3.10. The lowest BCUT2D eigenvalue weighted by Crippen LogP contribution is -2.45. The molecule has 2 rings (SSSR count). The van der Waals surface area contributed by atoms with Gasteiger partial charge < -0.3 is 10.4 Å². The predicted molar refractivity (Wildman–Crippen MR) is 58.7 cm³/mol. The monoisotopic (exact) mass is 211 g/mol. The highest BCUT2D eigenvalue weighted by Crippen LogP contribution is 2.33. The van der Waals surface area contributed by atoms with Crippen LogP contribution in [0.15, 0.2) is 0 Å². The Morgan fingerprint density at radius 3 is 2.27 bits per heavy atom. The second-order valence-electron chi connectivity index (χ2n) is 5.03. The maximum absolute atomic E-state index is 10.8. The molecule has 1 heterocycles. The Bertz CT molecular complexity index is 216. The largest absolute Gasteiger partial charge is 0.480 e. The van der Waals surface area contributed by atoms with Crippen molar-refractivity contribution in [2.45, 2.75) is 51.0 Å². The zero-order valence-corrected chi connectivity index (χ0v) is 9.24. The Balaban J connectivity index is 1.79. The first-order valence-corrected chi connectivity index (χ1v) is 6.23. The van der Waals surface area contributed by atoms with Crippen LogP contribution in [0.5, 0.6) is 0 Å². The highest BCUT2D eigenvalue weighted by atomic mass is 16.4. The van der Waals surface area contributed by atoms with Crippen LogP contribution in [0.2, 0.25) is 0 Å². The van der Waals surface area contributed by atoms with Crippen LogP contribution < -0.4 is 5.32 Å². The average molecular weight is 211 g/mol. The Hall–Kier alpha value is -0.570. The topological polar surface area (TPSA) is 49.3 Å². The van der Waals surface area contributed by atoms with Crippen molar-refractivity contribution >= 4 is 5.97 Å². The number of carbonyl (C=O) groups is 1. The van der Waals surface area contributed by atoms with E-state index in [0.717, 1.165) is 31.2 Å². The SMILES string of the molecule is O=C(O)[C@H]1CC[C@@H](C2CCCCC2)CN1. The third kappa shape index (κ3) is 2.71. The molecule has 0 radical (unpaired) electrons. The summed E-state index contributed by atoms with van der Waals surface area (Å²) in [6.07, 6.45) is 8.81. The zero-order valence-electron chi connectivity index (χ0n) is 9.24. The molecule has 15 heavy (non-hydrogen) atoms. The van der Waals surface area contributed by atoms with Crippen LogP contribution in [0.1, 0.15) is 44.9 Å². The van der Waals surface area contributed by atoms with E-state index in [0.29, 0.717) is 0 Å². The third-order valence-corrected chi connectivity index (χ3v) is 4.07. The quantitative estimate of drug-likeness (QED) is 0.734. The van der Waals surface area contributed by atoms with Gasteiger partial charge in [-0.05, 0) is 31.2 Å². The summed E-state index contributed by atoms with van der Waals surface area (Å²) in [5, 5.41) is 12.0. The molecule has 2 N–H and O–H groups in total. The van der Waals surface area contributed by atoms with Crippen LogP contribution >= 0.6 is 0 Å². The summed E-state index contributed by atoms with van der Waals surface area (Å²) in [6, 6.07) is -0.287. The summed E-state index contributed by atoms with van der Waals surface area (Å²) in [5.41, 5.74) is 0. The molecule has 0 bridgehead atoms. The van der Waals surface area contributed by atoms with E-state index in [1.807, 2.05) is 0 Å². The molecule has 2 fully saturated rings. The van der Waals surface area contributed by atoms with Gasteiger partial charge in [0.1, 0.15) is 6.04 Å². The van der Waals surface area contributed by atoms with E-state index in [1.165, 1.54) is 32.1 Å². The summed E-state index contributed by atoms with van der Waals surface area (Å²) < 4.78 is 0. The number of aliphatic carboxylic acids is 1. The Kier molecular flexibility index (Phi) is 3.62. The smallest absolute Gasteiger partial charge is 0.320 e. The molecule has 1 saturated carbocycles. The van der Waals surface area contributed by atoms with Gasteiger partial charge in [0.15, 0.2) is 0 Å². The van der Waals surface area contributed by atoms with Crippen molar-refractivity contribution in [2.24, 2.45) is 11.8 Å². The van der Waals surface area contributed by atoms with Gasteiger partial charge in [0.2, 0.25) is 0 Å². The molecule has 86 valence electrons. The van der Waals surface area contributed by atoms with Crippen molar-refractivity contribution < 1.29 is 9.90 Å². The lowest BCUT2D eigenvalue weighted by Gasteiger charge is -2.35. The van der Waals surface area contributed by atoms with Gasteiger partial charge in [-0.1, -0.05) is 32.1 Å². The van der Waals surface area contributed by atoms with E-state index < -0.39 is 5.97 Å². The van der Waals surface area contributed by atoms with Gasteiger partial charge in [0.25, 0.3) is 0 Å². The van der Waals surface area contributed by atoms with Crippen molar-refractivity contribution in [3.63, 3.8) is 0 Å². The van der Waals surface area contributed by atoms with Gasteiger partial charge >= 0.3 is 5.97 Å². The summed E-state index contributed by atoms with van der Waals surface area (Å²) >= 11 is 0. The molecule has 3 heteroatoms. The lowest BCUT2D eigenvalue weighted by molar-refractivity contribution is -0.140. The van der Waals surface area contributed by atoms with Gasteiger partial charge in [-0.15, -0.1) is 0 Å². The maximum Gasteiger partial charge on any atom is 0.320 e. The molecular weight excluding hydrogens is 190 g/mol. The minimum Gasteiger partial charge on any atom is -0.480 e. The van der Waals surface area contributed by atoms with Gasteiger partial charge in [0, 0.05) is 0 Å². The van der Waals surface area contributed by atoms with E-state index >= 15 is 0 Å². The molecule has 1 saturated heterocycles. The summed E-state index contributed by atoms with van der Waals surface area (Å²) in [5.74, 6) is 0.916. The number of carboxylic acid groups (broad SMARTS) is 1. The van der Waals surface area contributed by atoms with E-state index in [1.54, 1.807) is 0 Å². The van der Waals surface area contributed by atoms with Crippen LogP contribution in [-0.2, 0) is 4.79 Å². The first-order valence-electron chi connectivity index (χ1n) is 6.23. The molecule has 3 nitrogen and oxygen atoms in total. The normalized spacial score (nSPS) is 33.9. The predicted octanol–water partition coefficient (Wildman–Crippen LogP) is 2.02. The van der Waals surface area contributed by atoms with Crippen LogP contribution in [0.25, 0.3) is 0 Å². The molecule has 0 aromatic heterocycles. The first-order chi connectivity index (χ1) is 7.27. The number of carboxylic acids is 1. The van der Waals surface area contributed by atoms with E-state index in [4.69, 9.17) is 5.11 Å². The van der Waals surface area contributed by atoms with Gasteiger partial charge in [-0.25, -0.2) is 0 Å². The second-order valence-corrected chi connectivity index (χ2v) is 5.03. The van der Waals surface area contributed by atoms with Crippen LogP contribution in [0.4, 0.5) is 0 Å². The van der Waals surface area contributed by atoms with Gasteiger partial charge in [0.05, 0.1) is 0 Å². The summed E-state index contributed by atoms with van der Waals surface area (Å²) in [7, 11) is 0. The molecule has 0 unspecified atom stereocenters. The van der Waals surface area contributed by atoms with Crippen LogP contribution in [0, 0.1) is 11.8 Å². The van der Waals surface area contributed by atoms with Crippen molar-refractivity contribution in [1.29, 1.82) is 0 Å². The third-order valence-electron chi connectivity index (χ3n) is 4.07. The molecule has 0 amide bonds. The average Bonchev–Trinajstić information content (AvgIpc) is 2.30. The number of hydrogen-bond donors (Lipinski definition) is 2. The minimum atomic E-state index is -0.683. The molecule has 0 spiro atoms. The number of piperidine rings is 1. The Morgan fingerprint density at radius 1 is 1.00 bits per heavy atom. The van der Waals surface area contributed by atoms with Crippen molar-refractivity contribution in [1.82, 2.24) is 5.32 Å². The first kappa shape index (κ1) is 10.9. The second kappa shape index (κ2) is 4.97. The van der Waals surface area contributed by atoms with Crippen molar-refractivity contribution in [3.05, 3.63) is 0 Å². The number of nitrogens with one attached hydrogen (secondary N) is 1. The van der Waals surface area contributed by atoms with Gasteiger partial charge in [-0.2, -0.15) is 0 Å². The minimum absolute atomic E-state index is 0.287. The summed E-state index contributed by atoms with van der Waals surface area (Å²) in [4.78, 5) is 10.8. The molecule has 2 aliphatic rings. The number of hydrogen-bond acceptors (Lipinski definition) is 2. The van der Waals surface area contributed by atoms with E-state index in [9.17, 15) is 4.79 Å². The molecular formula is C12H21NO2. The lowest BCUT2D eigenvalue weighted by atomic mass is 9.76. The number of rotatable bonds is 2. The van der Waals surface area contributed by atoms with Crippen LogP contribution in [-0.4, -0.2) is 23.7 Å². The van der Waals surface area contributed by atoms with Gasteiger partial charge in [-0.3, -0.25) is 4.79 Å². The molecule has 2 atom stereocenters. The fourth-order valence-electron chi connectivity index (χ4n) is 3.10. The molecule has 1 aliphatic heterocycles. The Morgan fingerprint density at radius 2 is 1.73 bits per heavy atom. The highest BCUT2D eigenvalue weighted by molar-refractivity contribution is 5.73. The molecule has 0 aromatic carbocycles. The highest BCUT2D eigenvalue weighted by Gasteiger charge is 2.30. The summed E-state index contributed by atoms with van der Waals surface area (Å²) in [6.45, 7) is 0.918. The molecule has 1 aliphatic carbocycles. The molecule has 0 aromatic rings. The fraction of sp³-hybridized carbons (Fsp3) is 0.917.